The van der Waals surface area contributed by atoms with Crippen molar-refractivity contribution < 1.29 is 4.42 Å². The van der Waals surface area contributed by atoms with Gasteiger partial charge in [0, 0.05) is 33.0 Å². The number of benzene rings is 7. The lowest BCUT2D eigenvalue weighted by molar-refractivity contribution is 0.670. The van der Waals surface area contributed by atoms with Crippen LogP contribution < -0.4 is 0 Å². The van der Waals surface area contributed by atoms with E-state index in [1.54, 1.807) is 0 Å². The molecule has 0 bridgehead atoms. The van der Waals surface area contributed by atoms with Crippen molar-refractivity contribution in [2.75, 3.05) is 0 Å². The lowest BCUT2D eigenvalue weighted by atomic mass is 9.84. The second-order valence-electron chi connectivity index (χ2n) is 13.1. The lowest BCUT2D eigenvalue weighted by Crippen LogP contribution is -2.01. The first-order valence-corrected chi connectivity index (χ1v) is 17.4. The quantitative estimate of drug-likeness (QED) is 0.185. The molecule has 9 aromatic rings. The molecular weight excluding hydrogens is 623 g/mol. The summed E-state index contributed by atoms with van der Waals surface area (Å²) in [7, 11) is 0. The highest BCUT2D eigenvalue weighted by Gasteiger charge is 2.24. The number of hydrogen-bond acceptors (Lipinski definition) is 4. The van der Waals surface area contributed by atoms with Crippen LogP contribution in [0.2, 0.25) is 0 Å². The van der Waals surface area contributed by atoms with Crippen LogP contribution >= 0.6 is 0 Å². The summed E-state index contributed by atoms with van der Waals surface area (Å²) in [5.41, 5.74) is 11.8. The van der Waals surface area contributed by atoms with Crippen molar-refractivity contribution in [2.24, 2.45) is 0 Å². The SMILES string of the molecule is C1=Cc2c(-c3ccc(-c4nc(-c5ccccc5)nc(-c5ccccc5)n4)c4c3oc3cc5ccccc5cc34)ccc(-c3ccccc3)c2CC1. The first kappa shape index (κ1) is 29.3. The maximum Gasteiger partial charge on any atom is 0.164 e. The Morgan fingerprint density at radius 3 is 1.71 bits per heavy atom. The van der Waals surface area contributed by atoms with Gasteiger partial charge in [-0.25, -0.2) is 15.0 Å². The molecule has 0 radical (unpaired) electrons. The van der Waals surface area contributed by atoms with Gasteiger partial charge in [-0.2, -0.15) is 0 Å². The molecule has 0 saturated heterocycles. The molecule has 0 unspecified atom stereocenters. The van der Waals surface area contributed by atoms with E-state index in [4.69, 9.17) is 19.4 Å². The van der Waals surface area contributed by atoms with Gasteiger partial charge in [0.05, 0.1) is 0 Å². The minimum Gasteiger partial charge on any atom is -0.455 e. The number of nitrogens with zero attached hydrogens (tertiary/aromatic N) is 3. The zero-order chi connectivity index (χ0) is 33.7. The molecule has 0 spiro atoms. The van der Waals surface area contributed by atoms with Crippen molar-refractivity contribution in [1.82, 2.24) is 15.0 Å². The van der Waals surface area contributed by atoms with E-state index in [0.29, 0.717) is 17.5 Å². The van der Waals surface area contributed by atoms with Crippen molar-refractivity contribution in [3.05, 3.63) is 169 Å². The van der Waals surface area contributed by atoms with Gasteiger partial charge in [-0.1, -0.05) is 140 Å². The summed E-state index contributed by atoms with van der Waals surface area (Å²) >= 11 is 0. The maximum atomic E-state index is 6.95. The Balaban J connectivity index is 1.27. The molecular formula is C47H31N3O. The summed E-state index contributed by atoms with van der Waals surface area (Å²) in [6.45, 7) is 0. The largest absolute Gasteiger partial charge is 0.455 e. The molecule has 0 atom stereocenters. The first-order valence-electron chi connectivity index (χ1n) is 17.4. The van der Waals surface area contributed by atoms with Crippen LogP contribution in [0.3, 0.4) is 0 Å². The third-order valence-electron chi connectivity index (χ3n) is 10.0. The summed E-state index contributed by atoms with van der Waals surface area (Å²) < 4.78 is 6.95. The summed E-state index contributed by atoms with van der Waals surface area (Å²) in [5.74, 6) is 1.87. The van der Waals surface area contributed by atoms with Gasteiger partial charge in [0.25, 0.3) is 0 Å². The molecule has 1 aliphatic carbocycles. The predicted molar refractivity (Wildman–Crippen MR) is 209 cm³/mol. The Morgan fingerprint density at radius 1 is 0.471 bits per heavy atom. The van der Waals surface area contributed by atoms with E-state index in [1.165, 1.54) is 22.3 Å². The van der Waals surface area contributed by atoms with Gasteiger partial charge in [-0.05, 0) is 75.7 Å². The summed E-state index contributed by atoms with van der Waals surface area (Å²) in [5, 5.41) is 4.33. The Bertz CT molecular complexity index is 2730. The summed E-state index contributed by atoms with van der Waals surface area (Å²) in [6, 6.07) is 52.7. The molecule has 0 amide bonds. The lowest BCUT2D eigenvalue weighted by Gasteiger charge is -2.20. The first-order chi connectivity index (χ1) is 25.3. The van der Waals surface area contributed by atoms with Gasteiger partial charge in [0.2, 0.25) is 0 Å². The van der Waals surface area contributed by atoms with Gasteiger partial charge in [-0.3, -0.25) is 0 Å². The Labute approximate surface area is 295 Å². The van der Waals surface area contributed by atoms with Crippen molar-refractivity contribution >= 4 is 38.8 Å². The Hall–Kier alpha value is -6.65. The Kier molecular flexibility index (Phi) is 6.91. The van der Waals surface area contributed by atoms with E-state index in [2.05, 4.69) is 103 Å². The molecule has 2 aromatic heterocycles. The van der Waals surface area contributed by atoms with Crippen LogP contribution in [-0.4, -0.2) is 15.0 Å². The fourth-order valence-corrected chi connectivity index (χ4v) is 7.57. The molecule has 7 aromatic carbocycles. The third kappa shape index (κ3) is 5.03. The van der Waals surface area contributed by atoms with Crippen molar-refractivity contribution in [3.8, 4) is 56.4 Å². The molecule has 2 heterocycles. The highest BCUT2D eigenvalue weighted by atomic mass is 16.3. The van der Waals surface area contributed by atoms with Gasteiger partial charge in [0.15, 0.2) is 17.5 Å². The fraction of sp³-hybridized carbons (Fsp3) is 0.0426. The molecule has 51 heavy (non-hydrogen) atoms. The molecule has 4 nitrogen and oxygen atoms in total. The van der Waals surface area contributed by atoms with Crippen LogP contribution in [0.5, 0.6) is 0 Å². The van der Waals surface area contributed by atoms with Crippen molar-refractivity contribution in [1.29, 1.82) is 0 Å². The topological polar surface area (TPSA) is 51.8 Å². The molecule has 1 aliphatic rings. The van der Waals surface area contributed by atoms with E-state index in [1.807, 2.05) is 60.7 Å². The zero-order valence-corrected chi connectivity index (χ0v) is 27.8. The van der Waals surface area contributed by atoms with Crippen LogP contribution in [0.1, 0.15) is 17.5 Å². The average molecular weight is 654 g/mol. The third-order valence-corrected chi connectivity index (χ3v) is 10.0. The number of aromatic nitrogens is 3. The van der Waals surface area contributed by atoms with E-state index in [0.717, 1.165) is 73.4 Å². The van der Waals surface area contributed by atoms with E-state index < -0.39 is 0 Å². The number of rotatable bonds is 5. The van der Waals surface area contributed by atoms with E-state index >= 15 is 0 Å². The molecule has 0 fully saturated rings. The van der Waals surface area contributed by atoms with Crippen LogP contribution in [0, 0.1) is 0 Å². The fourth-order valence-electron chi connectivity index (χ4n) is 7.57. The number of fused-ring (bicyclic) bond motifs is 5. The molecule has 10 rings (SSSR count). The number of allylic oxidation sites excluding steroid dienone is 1. The zero-order valence-electron chi connectivity index (χ0n) is 27.8. The van der Waals surface area contributed by atoms with Crippen LogP contribution in [0.25, 0.3) is 95.2 Å². The van der Waals surface area contributed by atoms with Gasteiger partial charge < -0.3 is 4.42 Å². The van der Waals surface area contributed by atoms with Crippen molar-refractivity contribution in [2.45, 2.75) is 12.8 Å². The minimum atomic E-state index is 0.608. The molecule has 240 valence electrons. The van der Waals surface area contributed by atoms with E-state index in [9.17, 15) is 0 Å². The van der Waals surface area contributed by atoms with Crippen LogP contribution in [0.15, 0.2) is 162 Å². The van der Waals surface area contributed by atoms with Gasteiger partial charge in [0.1, 0.15) is 11.2 Å². The second-order valence-corrected chi connectivity index (χ2v) is 13.1. The number of furan rings is 1. The maximum absolute atomic E-state index is 6.95. The second kappa shape index (κ2) is 12.0. The molecule has 0 N–H and O–H groups in total. The average Bonchev–Trinajstić information content (AvgIpc) is 3.58. The van der Waals surface area contributed by atoms with Crippen molar-refractivity contribution in [3.63, 3.8) is 0 Å². The van der Waals surface area contributed by atoms with Crippen LogP contribution in [-0.2, 0) is 6.42 Å². The summed E-state index contributed by atoms with van der Waals surface area (Å²) in [4.78, 5) is 15.2. The van der Waals surface area contributed by atoms with Gasteiger partial charge >= 0.3 is 0 Å². The minimum absolute atomic E-state index is 0.608. The standard InChI is InChI=1S/C47H31N3O/c1-4-14-30(15-5-1)35-24-25-38(37-23-13-12-22-36(35)37)39-26-27-40(43-41-28-33-20-10-11-21-34(33)29-42(41)51-44(39)43)47-49-45(31-16-6-2-7-17-31)48-46(50-47)32-18-8-3-9-19-32/h1-11,13-21,23-29H,12,22H2. The summed E-state index contributed by atoms with van der Waals surface area (Å²) in [6.07, 6.45) is 6.60. The smallest absolute Gasteiger partial charge is 0.164 e. The predicted octanol–water partition coefficient (Wildman–Crippen LogP) is 12.2. The van der Waals surface area contributed by atoms with Gasteiger partial charge in [-0.15, -0.1) is 0 Å². The van der Waals surface area contributed by atoms with Crippen LogP contribution in [0.4, 0.5) is 0 Å². The normalized spacial score (nSPS) is 12.5. The number of hydrogen-bond donors (Lipinski definition) is 0. The Morgan fingerprint density at radius 2 is 1.02 bits per heavy atom. The highest BCUT2D eigenvalue weighted by molar-refractivity contribution is 6.18. The highest BCUT2D eigenvalue weighted by Crippen LogP contribution is 2.45. The molecule has 4 heteroatoms. The molecule has 0 aliphatic heterocycles. The van der Waals surface area contributed by atoms with E-state index in [-0.39, 0.29) is 0 Å². The molecule has 0 saturated carbocycles. The monoisotopic (exact) mass is 653 g/mol.